The van der Waals surface area contributed by atoms with Gasteiger partial charge >= 0.3 is 6.18 Å². The van der Waals surface area contributed by atoms with Gasteiger partial charge in [-0.15, -0.1) is 0 Å². The summed E-state index contributed by atoms with van der Waals surface area (Å²) in [4.78, 5) is 0. The van der Waals surface area contributed by atoms with Gasteiger partial charge in [0.2, 0.25) is 0 Å². The van der Waals surface area contributed by atoms with Gasteiger partial charge in [-0.3, -0.25) is 0 Å². The van der Waals surface area contributed by atoms with Crippen LogP contribution in [-0.2, 0) is 6.42 Å². The van der Waals surface area contributed by atoms with Crippen LogP contribution in [-0.4, -0.2) is 16.4 Å². The first kappa shape index (κ1) is 9.70. The molecular weight excluding hydrogens is 185 g/mol. The maximum atomic E-state index is 11.9. The maximum absolute atomic E-state index is 11.9. The molecule has 0 spiro atoms. The van der Waals surface area contributed by atoms with E-state index in [-0.39, 0.29) is 5.56 Å². The second kappa shape index (κ2) is 3.16. The van der Waals surface area contributed by atoms with Crippen LogP contribution < -0.4 is 0 Å². The van der Waals surface area contributed by atoms with Gasteiger partial charge in [0.25, 0.3) is 0 Å². The topological polar surface area (TPSA) is 40.5 Å². The summed E-state index contributed by atoms with van der Waals surface area (Å²) in [5.41, 5.74) is -0.326. The van der Waals surface area contributed by atoms with Crippen molar-refractivity contribution in [2.75, 3.05) is 0 Å². The summed E-state index contributed by atoms with van der Waals surface area (Å²) in [6.07, 6.45) is -5.63. The summed E-state index contributed by atoms with van der Waals surface area (Å²) in [7, 11) is 0. The lowest BCUT2D eigenvalue weighted by atomic mass is 10.1. The first-order chi connectivity index (χ1) is 5.90. The minimum absolute atomic E-state index is 0.326. The Morgan fingerprint density at radius 3 is 2.31 bits per heavy atom. The Morgan fingerprint density at radius 2 is 1.77 bits per heavy atom. The van der Waals surface area contributed by atoms with Gasteiger partial charge in [0.15, 0.2) is 11.5 Å². The van der Waals surface area contributed by atoms with Crippen molar-refractivity contribution in [2.45, 2.75) is 12.6 Å². The van der Waals surface area contributed by atoms with Gasteiger partial charge in [-0.2, -0.15) is 13.2 Å². The summed E-state index contributed by atoms with van der Waals surface area (Å²) in [5, 5.41) is 17.9. The lowest BCUT2D eigenvalue weighted by Crippen LogP contribution is -2.11. The molecule has 0 aromatic heterocycles. The second-order valence-corrected chi connectivity index (χ2v) is 2.58. The number of halogens is 3. The highest BCUT2D eigenvalue weighted by molar-refractivity contribution is 5.44. The fourth-order valence-corrected chi connectivity index (χ4v) is 0.936. The molecule has 1 rings (SSSR count). The highest BCUT2D eigenvalue weighted by Crippen LogP contribution is 2.32. The molecule has 13 heavy (non-hydrogen) atoms. The highest BCUT2D eigenvalue weighted by Gasteiger charge is 2.29. The number of hydrogen-bond donors (Lipinski definition) is 2. The van der Waals surface area contributed by atoms with Crippen molar-refractivity contribution in [2.24, 2.45) is 0 Å². The number of para-hydroxylation sites is 1. The molecule has 0 saturated carbocycles. The van der Waals surface area contributed by atoms with Gasteiger partial charge in [-0.1, -0.05) is 12.1 Å². The van der Waals surface area contributed by atoms with E-state index < -0.39 is 24.1 Å². The molecule has 0 atom stereocenters. The van der Waals surface area contributed by atoms with E-state index >= 15 is 0 Å². The first-order valence-corrected chi connectivity index (χ1v) is 3.47. The first-order valence-electron chi connectivity index (χ1n) is 3.47. The van der Waals surface area contributed by atoms with Gasteiger partial charge in [-0.05, 0) is 6.07 Å². The van der Waals surface area contributed by atoms with Crippen molar-refractivity contribution in [3.63, 3.8) is 0 Å². The third-order valence-electron chi connectivity index (χ3n) is 1.49. The fourth-order valence-electron chi connectivity index (χ4n) is 0.936. The van der Waals surface area contributed by atoms with Gasteiger partial charge in [0, 0.05) is 5.56 Å². The molecule has 0 unspecified atom stereocenters. The maximum Gasteiger partial charge on any atom is 0.393 e. The zero-order valence-corrected chi connectivity index (χ0v) is 6.47. The van der Waals surface area contributed by atoms with Gasteiger partial charge < -0.3 is 10.2 Å². The predicted octanol–water partition coefficient (Wildman–Crippen LogP) is 2.20. The zero-order chi connectivity index (χ0) is 10.1. The van der Waals surface area contributed by atoms with Gasteiger partial charge in [0.1, 0.15) is 0 Å². The van der Waals surface area contributed by atoms with E-state index in [9.17, 15) is 13.2 Å². The molecule has 0 bridgehead atoms. The molecule has 5 heteroatoms. The number of phenols is 2. The molecule has 1 aromatic rings. The lowest BCUT2D eigenvalue weighted by Gasteiger charge is -2.08. The van der Waals surface area contributed by atoms with E-state index in [1.54, 1.807) is 0 Å². The summed E-state index contributed by atoms with van der Waals surface area (Å²) in [5.74, 6) is -1.25. The van der Waals surface area contributed by atoms with Crippen molar-refractivity contribution < 1.29 is 23.4 Å². The molecule has 0 saturated heterocycles. The summed E-state index contributed by atoms with van der Waals surface area (Å²) >= 11 is 0. The Labute approximate surface area is 72.2 Å². The van der Waals surface area contributed by atoms with Crippen molar-refractivity contribution >= 4 is 0 Å². The van der Waals surface area contributed by atoms with Crippen LogP contribution in [0.4, 0.5) is 13.2 Å². The average molecular weight is 192 g/mol. The molecule has 0 aliphatic heterocycles. The molecular formula is C8H7F3O2. The van der Waals surface area contributed by atoms with Crippen LogP contribution in [0, 0.1) is 0 Å². The van der Waals surface area contributed by atoms with Crippen molar-refractivity contribution in [1.82, 2.24) is 0 Å². The Morgan fingerprint density at radius 1 is 1.15 bits per heavy atom. The normalized spacial score (nSPS) is 11.6. The largest absolute Gasteiger partial charge is 0.504 e. The molecule has 0 heterocycles. The molecule has 1 aromatic carbocycles. The van der Waals surface area contributed by atoms with E-state index in [1.165, 1.54) is 6.07 Å². The van der Waals surface area contributed by atoms with E-state index in [0.29, 0.717) is 0 Å². The Kier molecular flexibility index (Phi) is 2.36. The third-order valence-corrected chi connectivity index (χ3v) is 1.49. The van der Waals surface area contributed by atoms with Gasteiger partial charge in [-0.25, -0.2) is 0 Å². The summed E-state index contributed by atoms with van der Waals surface area (Å²) in [6, 6.07) is 3.48. The molecule has 0 aliphatic rings. The lowest BCUT2D eigenvalue weighted by molar-refractivity contribution is -0.127. The van der Waals surface area contributed by atoms with E-state index in [4.69, 9.17) is 10.2 Å². The van der Waals surface area contributed by atoms with Crippen molar-refractivity contribution in [1.29, 1.82) is 0 Å². The predicted molar refractivity (Wildman–Crippen MR) is 39.5 cm³/mol. The van der Waals surface area contributed by atoms with Gasteiger partial charge in [0.05, 0.1) is 6.42 Å². The van der Waals surface area contributed by atoms with Crippen LogP contribution in [0.25, 0.3) is 0 Å². The highest BCUT2D eigenvalue weighted by atomic mass is 19.4. The molecule has 2 nitrogen and oxygen atoms in total. The monoisotopic (exact) mass is 192 g/mol. The second-order valence-electron chi connectivity index (χ2n) is 2.58. The third kappa shape index (κ3) is 2.54. The fraction of sp³-hybridized carbons (Fsp3) is 0.250. The smallest absolute Gasteiger partial charge is 0.393 e. The number of alkyl halides is 3. The van der Waals surface area contributed by atoms with Crippen molar-refractivity contribution in [3.05, 3.63) is 23.8 Å². The van der Waals surface area contributed by atoms with E-state index in [0.717, 1.165) is 12.1 Å². The quantitative estimate of drug-likeness (QED) is 0.669. The Bertz CT molecular complexity index is 307. The summed E-state index contributed by atoms with van der Waals surface area (Å²) in [6.45, 7) is 0. The van der Waals surface area contributed by atoms with Crippen LogP contribution in [0.2, 0.25) is 0 Å². The molecule has 0 fully saturated rings. The van der Waals surface area contributed by atoms with Crippen LogP contribution in [0.5, 0.6) is 11.5 Å². The molecule has 2 N–H and O–H groups in total. The molecule has 0 radical (unpaired) electrons. The number of benzene rings is 1. The minimum Gasteiger partial charge on any atom is -0.504 e. The number of rotatable bonds is 1. The zero-order valence-electron chi connectivity index (χ0n) is 6.47. The van der Waals surface area contributed by atoms with Crippen molar-refractivity contribution in [3.8, 4) is 11.5 Å². The SMILES string of the molecule is Oc1cccc(CC(F)(F)F)c1O. The van der Waals surface area contributed by atoms with Crippen LogP contribution in [0.15, 0.2) is 18.2 Å². The standard InChI is InChI=1S/C8H7F3O2/c9-8(10,11)4-5-2-1-3-6(12)7(5)13/h1-3,12-13H,4H2. The molecule has 0 amide bonds. The number of phenolic OH excluding ortho intramolecular Hbond substituents is 2. The van der Waals surface area contributed by atoms with Crippen LogP contribution in [0.3, 0.4) is 0 Å². The van der Waals surface area contributed by atoms with E-state index in [1.807, 2.05) is 0 Å². The summed E-state index contributed by atoms with van der Waals surface area (Å²) < 4.78 is 35.6. The van der Waals surface area contributed by atoms with E-state index in [2.05, 4.69) is 0 Å². The Hall–Kier alpha value is -1.39. The number of aromatic hydroxyl groups is 2. The Balaban J connectivity index is 2.96. The van der Waals surface area contributed by atoms with Crippen LogP contribution in [0.1, 0.15) is 5.56 Å². The number of hydrogen-bond acceptors (Lipinski definition) is 2. The molecule has 72 valence electrons. The van der Waals surface area contributed by atoms with Crippen LogP contribution >= 0.6 is 0 Å². The minimum atomic E-state index is -4.38. The molecule has 0 aliphatic carbocycles. The average Bonchev–Trinajstić information content (AvgIpc) is 1.96.